The van der Waals surface area contributed by atoms with Gasteiger partial charge in [0.25, 0.3) is 0 Å². The van der Waals surface area contributed by atoms with Crippen LogP contribution in [0.3, 0.4) is 0 Å². The topological polar surface area (TPSA) is 66.4 Å². The zero-order valence-electron chi connectivity index (χ0n) is 13.0. The fourth-order valence-corrected chi connectivity index (χ4v) is 2.27. The van der Waals surface area contributed by atoms with Crippen molar-refractivity contribution >= 4 is 23.6 Å². The van der Waals surface area contributed by atoms with Gasteiger partial charge in [0.2, 0.25) is 5.91 Å². The van der Waals surface area contributed by atoms with Crippen molar-refractivity contribution < 1.29 is 14.7 Å². The number of thioether (sulfide) groups is 1. The van der Waals surface area contributed by atoms with Crippen LogP contribution in [0.15, 0.2) is 29.2 Å². The number of rotatable bonds is 7. The van der Waals surface area contributed by atoms with Crippen LogP contribution in [0.4, 0.5) is 0 Å². The van der Waals surface area contributed by atoms with Gasteiger partial charge in [0, 0.05) is 11.4 Å². The van der Waals surface area contributed by atoms with Crippen molar-refractivity contribution in [2.75, 3.05) is 12.3 Å². The van der Waals surface area contributed by atoms with Crippen LogP contribution in [0.5, 0.6) is 0 Å². The summed E-state index contributed by atoms with van der Waals surface area (Å²) in [5, 5.41) is 11.6. The van der Waals surface area contributed by atoms with Gasteiger partial charge in [0.1, 0.15) is 0 Å². The molecule has 0 aliphatic rings. The molecule has 0 aliphatic carbocycles. The molecule has 0 saturated heterocycles. The molecule has 0 bridgehead atoms. The Bertz CT molecular complexity index is 495. The Balaban J connectivity index is 2.41. The maximum atomic E-state index is 11.7. The second-order valence-electron chi connectivity index (χ2n) is 5.98. The van der Waals surface area contributed by atoms with E-state index in [4.69, 9.17) is 5.11 Å². The van der Waals surface area contributed by atoms with Crippen LogP contribution in [-0.4, -0.2) is 29.3 Å². The van der Waals surface area contributed by atoms with Crippen molar-refractivity contribution in [3.05, 3.63) is 29.8 Å². The number of aliphatic carboxylic acids is 1. The number of amides is 1. The zero-order chi connectivity index (χ0) is 16.0. The minimum absolute atomic E-state index is 0.133. The van der Waals surface area contributed by atoms with Crippen LogP contribution in [0.25, 0.3) is 0 Å². The third-order valence-electron chi connectivity index (χ3n) is 3.22. The highest BCUT2D eigenvalue weighted by atomic mass is 32.2. The number of carboxylic acids is 1. The van der Waals surface area contributed by atoms with E-state index in [1.807, 2.05) is 12.1 Å². The van der Waals surface area contributed by atoms with Crippen LogP contribution in [0, 0.1) is 5.41 Å². The van der Waals surface area contributed by atoms with Crippen LogP contribution >= 0.6 is 11.8 Å². The number of carbonyl (C=O) groups excluding carboxylic acids is 1. The van der Waals surface area contributed by atoms with Crippen LogP contribution in [0.1, 0.15) is 39.2 Å². The maximum absolute atomic E-state index is 11.7. The molecule has 0 aromatic heterocycles. The monoisotopic (exact) mass is 309 g/mol. The zero-order valence-corrected chi connectivity index (χ0v) is 13.8. The van der Waals surface area contributed by atoms with Crippen molar-refractivity contribution in [2.45, 2.75) is 38.5 Å². The van der Waals surface area contributed by atoms with E-state index in [1.54, 1.807) is 13.8 Å². The summed E-state index contributed by atoms with van der Waals surface area (Å²) in [4.78, 5) is 23.7. The van der Waals surface area contributed by atoms with Gasteiger partial charge in [-0.15, -0.1) is 11.8 Å². The lowest BCUT2D eigenvalue weighted by atomic mass is 9.94. The van der Waals surface area contributed by atoms with E-state index in [-0.39, 0.29) is 18.2 Å². The predicted molar refractivity (Wildman–Crippen MR) is 85.7 cm³/mol. The Morgan fingerprint density at radius 2 is 1.81 bits per heavy atom. The SMILES string of the molecule is CC(C)c1ccc(SCC(=O)NCC(C)(C)C(=O)O)cc1. The van der Waals surface area contributed by atoms with Crippen molar-refractivity contribution in [3.8, 4) is 0 Å². The third kappa shape index (κ3) is 5.79. The van der Waals surface area contributed by atoms with Gasteiger partial charge in [-0.2, -0.15) is 0 Å². The smallest absolute Gasteiger partial charge is 0.310 e. The summed E-state index contributed by atoms with van der Waals surface area (Å²) in [5.41, 5.74) is 0.325. The fraction of sp³-hybridized carbons (Fsp3) is 0.500. The number of benzene rings is 1. The van der Waals surface area contributed by atoms with Crippen LogP contribution < -0.4 is 5.32 Å². The lowest BCUT2D eigenvalue weighted by molar-refractivity contribution is -0.146. The van der Waals surface area contributed by atoms with E-state index in [0.29, 0.717) is 5.92 Å². The summed E-state index contributed by atoms with van der Waals surface area (Å²) in [6.07, 6.45) is 0. The van der Waals surface area contributed by atoms with Crippen molar-refractivity contribution in [1.82, 2.24) is 5.32 Å². The fourth-order valence-electron chi connectivity index (χ4n) is 1.54. The molecular weight excluding hydrogens is 286 g/mol. The lowest BCUT2D eigenvalue weighted by Gasteiger charge is -2.19. The van der Waals surface area contributed by atoms with Gasteiger partial charge in [-0.05, 0) is 37.5 Å². The average Bonchev–Trinajstić information content (AvgIpc) is 2.43. The Kier molecular flexibility index (Phi) is 6.27. The molecule has 116 valence electrons. The molecule has 0 unspecified atom stereocenters. The van der Waals surface area contributed by atoms with Gasteiger partial charge in [-0.3, -0.25) is 9.59 Å². The van der Waals surface area contributed by atoms with Gasteiger partial charge in [0.05, 0.1) is 11.2 Å². The molecule has 0 atom stereocenters. The Morgan fingerprint density at radius 1 is 1.24 bits per heavy atom. The molecule has 1 aromatic carbocycles. The Hall–Kier alpha value is -1.49. The summed E-state index contributed by atoms with van der Waals surface area (Å²) < 4.78 is 0. The van der Waals surface area contributed by atoms with E-state index in [1.165, 1.54) is 17.3 Å². The molecule has 21 heavy (non-hydrogen) atoms. The molecule has 1 aromatic rings. The first-order chi connectivity index (χ1) is 9.72. The van der Waals surface area contributed by atoms with Gasteiger partial charge in [-0.1, -0.05) is 26.0 Å². The second-order valence-corrected chi connectivity index (χ2v) is 7.03. The summed E-state index contributed by atoms with van der Waals surface area (Å²) in [6, 6.07) is 8.15. The molecule has 0 fully saturated rings. The number of nitrogens with one attached hydrogen (secondary N) is 1. The van der Waals surface area contributed by atoms with Gasteiger partial charge < -0.3 is 10.4 Å². The second kappa shape index (κ2) is 7.50. The molecular formula is C16H23NO3S. The summed E-state index contributed by atoms with van der Waals surface area (Å²) >= 11 is 1.45. The normalized spacial score (nSPS) is 11.5. The maximum Gasteiger partial charge on any atom is 0.310 e. The van der Waals surface area contributed by atoms with E-state index >= 15 is 0 Å². The van der Waals surface area contributed by atoms with Crippen molar-refractivity contribution in [1.29, 1.82) is 0 Å². The van der Waals surface area contributed by atoms with E-state index in [2.05, 4.69) is 31.3 Å². The highest BCUT2D eigenvalue weighted by Gasteiger charge is 2.27. The summed E-state index contributed by atoms with van der Waals surface area (Å²) in [5.74, 6) is -0.288. The standard InChI is InChI=1S/C16H23NO3S/c1-11(2)12-5-7-13(8-6-12)21-9-14(18)17-10-16(3,4)15(19)20/h5-8,11H,9-10H2,1-4H3,(H,17,18)(H,19,20). The van der Waals surface area contributed by atoms with Crippen molar-refractivity contribution in [2.24, 2.45) is 5.41 Å². The molecule has 1 amide bonds. The van der Waals surface area contributed by atoms with Gasteiger partial charge >= 0.3 is 5.97 Å². The third-order valence-corrected chi connectivity index (χ3v) is 4.24. The highest BCUT2D eigenvalue weighted by Crippen LogP contribution is 2.21. The molecule has 2 N–H and O–H groups in total. The molecule has 0 heterocycles. The molecule has 4 nitrogen and oxygen atoms in total. The number of hydrogen-bond acceptors (Lipinski definition) is 3. The molecule has 0 aliphatic heterocycles. The molecule has 1 rings (SSSR count). The van der Waals surface area contributed by atoms with E-state index in [9.17, 15) is 9.59 Å². The van der Waals surface area contributed by atoms with Crippen molar-refractivity contribution in [3.63, 3.8) is 0 Å². The molecule has 5 heteroatoms. The quantitative estimate of drug-likeness (QED) is 0.759. The Morgan fingerprint density at radius 3 is 2.29 bits per heavy atom. The lowest BCUT2D eigenvalue weighted by Crippen LogP contribution is -2.39. The number of carbonyl (C=O) groups is 2. The molecule has 0 saturated carbocycles. The summed E-state index contributed by atoms with van der Waals surface area (Å²) in [6.45, 7) is 7.59. The van der Waals surface area contributed by atoms with Crippen LogP contribution in [0.2, 0.25) is 0 Å². The van der Waals surface area contributed by atoms with E-state index in [0.717, 1.165) is 4.90 Å². The van der Waals surface area contributed by atoms with Crippen LogP contribution in [-0.2, 0) is 9.59 Å². The molecule has 0 radical (unpaired) electrons. The minimum atomic E-state index is -0.945. The highest BCUT2D eigenvalue weighted by molar-refractivity contribution is 8.00. The molecule has 0 spiro atoms. The average molecular weight is 309 g/mol. The first kappa shape index (κ1) is 17.6. The number of hydrogen-bond donors (Lipinski definition) is 2. The largest absolute Gasteiger partial charge is 0.481 e. The summed E-state index contributed by atoms with van der Waals surface area (Å²) in [7, 11) is 0. The Labute approximate surface area is 130 Å². The first-order valence-corrected chi connectivity index (χ1v) is 7.94. The van der Waals surface area contributed by atoms with Gasteiger partial charge in [0.15, 0.2) is 0 Å². The minimum Gasteiger partial charge on any atom is -0.481 e. The number of carboxylic acid groups (broad SMARTS) is 1. The first-order valence-electron chi connectivity index (χ1n) is 6.95. The van der Waals surface area contributed by atoms with Gasteiger partial charge in [-0.25, -0.2) is 0 Å². The predicted octanol–water partition coefficient (Wildman–Crippen LogP) is 3.13. The van der Waals surface area contributed by atoms with E-state index < -0.39 is 11.4 Å².